The molecule has 2 N–H and O–H groups in total. The third-order valence-corrected chi connectivity index (χ3v) is 1.81. The number of imidazole rings is 1. The van der Waals surface area contributed by atoms with Gasteiger partial charge < -0.3 is 14.8 Å². The van der Waals surface area contributed by atoms with Gasteiger partial charge in [-0.25, -0.2) is 4.98 Å². The summed E-state index contributed by atoms with van der Waals surface area (Å²) in [6.07, 6.45) is 1.73. The first-order valence-corrected chi connectivity index (χ1v) is 4.04. The maximum absolute atomic E-state index is 9.47. The van der Waals surface area contributed by atoms with Crippen molar-refractivity contribution in [3.8, 4) is 0 Å². The van der Waals surface area contributed by atoms with Crippen molar-refractivity contribution in [3.05, 3.63) is 18.2 Å². The molecular weight excluding hydrogens is 156 g/mol. The summed E-state index contributed by atoms with van der Waals surface area (Å²) in [5.74, 6) is 0.521. The lowest BCUT2D eigenvalue weighted by Gasteiger charge is -2.13. The third-order valence-electron chi connectivity index (χ3n) is 1.81. The van der Waals surface area contributed by atoms with E-state index in [1.807, 2.05) is 6.92 Å². The third kappa shape index (κ3) is 1.65. The van der Waals surface area contributed by atoms with Crippen molar-refractivity contribution in [1.82, 2.24) is 9.55 Å². The zero-order chi connectivity index (χ0) is 9.14. The van der Waals surface area contributed by atoms with E-state index in [-0.39, 0.29) is 0 Å². The highest BCUT2D eigenvalue weighted by atomic mass is 16.3. The normalized spacial score (nSPS) is 16.0. The molecule has 2 unspecified atom stereocenters. The molecule has 0 aromatic carbocycles. The van der Waals surface area contributed by atoms with E-state index in [1.54, 1.807) is 23.9 Å². The van der Waals surface area contributed by atoms with Crippen molar-refractivity contribution in [3.63, 3.8) is 0 Å². The van der Waals surface area contributed by atoms with Gasteiger partial charge in [0.25, 0.3) is 0 Å². The lowest BCUT2D eigenvalue weighted by atomic mass is 10.2. The molecule has 0 aliphatic carbocycles. The lowest BCUT2D eigenvalue weighted by molar-refractivity contribution is 0.0228. The van der Waals surface area contributed by atoms with Gasteiger partial charge in [-0.2, -0.15) is 0 Å². The highest BCUT2D eigenvalue weighted by Crippen LogP contribution is 2.14. The van der Waals surface area contributed by atoms with Gasteiger partial charge in [0.1, 0.15) is 11.9 Å². The molecule has 12 heavy (non-hydrogen) atoms. The standard InChI is InChI=1S/C8H14N2O2/c1-3-10-5-4-9-8(10)7(12)6(2)11/h4-7,11-12H,3H2,1-2H3. The first-order chi connectivity index (χ1) is 5.66. The number of aromatic nitrogens is 2. The van der Waals surface area contributed by atoms with Crippen LogP contribution in [0, 0.1) is 0 Å². The van der Waals surface area contributed by atoms with Crippen LogP contribution < -0.4 is 0 Å². The fraction of sp³-hybridized carbons (Fsp3) is 0.625. The number of aliphatic hydroxyl groups is 2. The fourth-order valence-electron chi connectivity index (χ4n) is 1.07. The number of hydrogen-bond donors (Lipinski definition) is 2. The van der Waals surface area contributed by atoms with E-state index >= 15 is 0 Å². The molecule has 0 amide bonds. The second-order valence-electron chi connectivity index (χ2n) is 2.76. The first kappa shape index (κ1) is 9.22. The maximum Gasteiger partial charge on any atom is 0.140 e. The van der Waals surface area contributed by atoms with Gasteiger partial charge >= 0.3 is 0 Å². The molecule has 1 aromatic heterocycles. The van der Waals surface area contributed by atoms with Crippen molar-refractivity contribution in [2.24, 2.45) is 0 Å². The van der Waals surface area contributed by atoms with Gasteiger partial charge in [-0.1, -0.05) is 0 Å². The van der Waals surface area contributed by atoms with Crippen LogP contribution in [0.5, 0.6) is 0 Å². The van der Waals surface area contributed by atoms with Crippen LogP contribution in [0.25, 0.3) is 0 Å². The smallest absolute Gasteiger partial charge is 0.140 e. The molecule has 0 saturated heterocycles. The quantitative estimate of drug-likeness (QED) is 0.686. The Morgan fingerprint density at radius 1 is 1.58 bits per heavy atom. The highest BCUT2D eigenvalue weighted by molar-refractivity contribution is 4.97. The summed E-state index contributed by atoms with van der Waals surface area (Å²) >= 11 is 0. The zero-order valence-corrected chi connectivity index (χ0v) is 7.31. The van der Waals surface area contributed by atoms with Crippen LogP contribution in [0.2, 0.25) is 0 Å². The van der Waals surface area contributed by atoms with Gasteiger partial charge in [0, 0.05) is 18.9 Å². The Balaban J connectivity index is 2.86. The van der Waals surface area contributed by atoms with Crippen LogP contribution in [0.1, 0.15) is 25.8 Å². The Labute approximate surface area is 71.5 Å². The lowest BCUT2D eigenvalue weighted by Crippen LogP contribution is -2.18. The minimum Gasteiger partial charge on any atom is -0.390 e. The molecule has 1 rings (SSSR count). The summed E-state index contributed by atoms with van der Waals surface area (Å²) in [4.78, 5) is 3.96. The average molecular weight is 170 g/mol. The number of aryl methyl sites for hydroxylation is 1. The van der Waals surface area contributed by atoms with Crippen LogP contribution in [-0.4, -0.2) is 25.9 Å². The van der Waals surface area contributed by atoms with Gasteiger partial charge in [-0.05, 0) is 13.8 Å². The van der Waals surface area contributed by atoms with Gasteiger partial charge in [0.2, 0.25) is 0 Å². The minimum atomic E-state index is -0.889. The van der Waals surface area contributed by atoms with E-state index in [0.29, 0.717) is 5.82 Å². The summed E-state index contributed by atoms with van der Waals surface area (Å²) in [6.45, 7) is 4.25. The fourth-order valence-corrected chi connectivity index (χ4v) is 1.07. The largest absolute Gasteiger partial charge is 0.390 e. The second kappa shape index (κ2) is 3.69. The Morgan fingerprint density at radius 3 is 2.75 bits per heavy atom. The number of hydrogen-bond acceptors (Lipinski definition) is 3. The molecule has 1 aromatic rings. The number of rotatable bonds is 3. The molecule has 0 aliphatic heterocycles. The molecule has 0 bridgehead atoms. The Morgan fingerprint density at radius 2 is 2.25 bits per heavy atom. The predicted octanol–water partition coefficient (Wildman–Crippen LogP) is 0.317. The van der Waals surface area contributed by atoms with Crippen molar-refractivity contribution >= 4 is 0 Å². The molecule has 2 atom stereocenters. The molecule has 0 spiro atoms. The number of aliphatic hydroxyl groups excluding tert-OH is 2. The van der Waals surface area contributed by atoms with Crippen LogP contribution in [0.3, 0.4) is 0 Å². The van der Waals surface area contributed by atoms with E-state index in [9.17, 15) is 5.11 Å². The maximum atomic E-state index is 9.47. The Bertz CT molecular complexity index is 245. The van der Waals surface area contributed by atoms with E-state index in [1.165, 1.54) is 0 Å². The Kier molecular flexibility index (Phi) is 2.83. The van der Waals surface area contributed by atoms with Crippen LogP contribution in [-0.2, 0) is 6.54 Å². The van der Waals surface area contributed by atoms with Crippen LogP contribution in [0.4, 0.5) is 0 Å². The summed E-state index contributed by atoms with van der Waals surface area (Å²) in [5, 5.41) is 18.6. The highest BCUT2D eigenvalue weighted by Gasteiger charge is 2.17. The van der Waals surface area contributed by atoms with E-state index in [4.69, 9.17) is 5.11 Å². The molecule has 0 aliphatic rings. The topological polar surface area (TPSA) is 58.3 Å². The van der Waals surface area contributed by atoms with Crippen molar-refractivity contribution in [2.75, 3.05) is 0 Å². The number of nitrogens with zero attached hydrogens (tertiary/aromatic N) is 2. The zero-order valence-electron chi connectivity index (χ0n) is 7.31. The molecule has 4 nitrogen and oxygen atoms in total. The molecular formula is C8H14N2O2. The first-order valence-electron chi connectivity index (χ1n) is 4.04. The monoisotopic (exact) mass is 170 g/mol. The molecule has 1 heterocycles. The molecule has 0 radical (unpaired) electrons. The van der Waals surface area contributed by atoms with Crippen LogP contribution in [0.15, 0.2) is 12.4 Å². The van der Waals surface area contributed by atoms with Gasteiger partial charge in [0.05, 0.1) is 6.10 Å². The predicted molar refractivity (Wildman–Crippen MR) is 44.5 cm³/mol. The van der Waals surface area contributed by atoms with E-state index < -0.39 is 12.2 Å². The second-order valence-corrected chi connectivity index (χ2v) is 2.76. The molecule has 0 saturated carbocycles. The SMILES string of the molecule is CCn1ccnc1C(O)C(C)O. The van der Waals surface area contributed by atoms with E-state index in [2.05, 4.69) is 4.98 Å². The summed E-state index contributed by atoms with van der Waals surface area (Å²) < 4.78 is 1.80. The van der Waals surface area contributed by atoms with Crippen LogP contribution >= 0.6 is 0 Å². The van der Waals surface area contributed by atoms with Crippen molar-refractivity contribution < 1.29 is 10.2 Å². The van der Waals surface area contributed by atoms with Gasteiger partial charge in [-0.15, -0.1) is 0 Å². The molecule has 0 fully saturated rings. The van der Waals surface area contributed by atoms with Gasteiger partial charge in [-0.3, -0.25) is 0 Å². The van der Waals surface area contributed by atoms with Crippen molar-refractivity contribution in [1.29, 1.82) is 0 Å². The minimum absolute atomic E-state index is 0.521. The summed E-state index contributed by atoms with van der Waals surface area (Å²) in [5.41, 5.74) is 0. The average Bonchev–Trinajstić information content (AvgIpc) is 2.49. The summed E-state index contributed by atoms with van der Waals surface area (Å²) in [6, 6.07) is 0. The summed E-state index contributed by atoms with van der Waals surface area (Å²) in [7, 11) is 0. The van der Waals surface area contributed by atoms with Crippen molar-refractivity contribution in [2.45, 2.75) is 32.6 Å². The van der Waals surface area contributed by atoms with E-state index in [0.717, 1.165) is 6.54 Å². The van der Waals surface area contributed by atoms with Gasteiger partial charge in [0.15, 0.2) is 0 Å². The Hall–Kier alpha value is -0.870. The molecule has 68 valence electrons. The molecule has 4 heteroatoms.